The standard InChI is InChI=1S/3C2H5O.V/c3*1-2-3;/h3*2H2,1H3;/q3*-1;. The summed E-state index contributed by atoms with van der Waals surface area (Å²) >= 11 is 0. The maximum absolute atomic E-state index is 8.93. The van der Waals surface area contributed by atoms with E-state index in [0.29, 0.717) is 0 Å². The minimum absolute atomic E-state index is 0. The normalized spacial score (nSPS) is 5.40. The van der Waals surface area contributed by atoms with Crippen LogP contribution in [0.5, 0.6) is 0 Å². The fourth-order valence-corrected chi connectivity index (χ4v) is 0. The predicted octanol–water partition coefficient (Wildman–Crippen LogP) is -1.90. The van der Waals surface area contributed by atoms with E-state index in [1.165, 1.54) is 0 Å². The third kappa shape index (κ3) is 2190. The second kappa shape index (κ2) is 56.5. The average Bonchev–Trinajstić information content (AvgIpc) is 1.70. The molecule has 0 N–H and O–H groups in total. The van der Waals surface area contributed by atoms with Gasteiger partial charge in [-0.05, 0) is 0 Å². The molecule has 0 saturated carbocycles. The van der Waals surface area contributed by atoms with Crippen molar-refractivity contribution in [3.8, 4) is 0 Å². The zero-order chi connectivity index (χ0) is 8.12. The summed E-state index contributed by atoms with van der Waals surface area (Å²) in [6.45, 7) is 4.71. The smallest absolute Gasteiger partial charge is 0 e. The van der Waals surface area contributed by atoms with E-state index < -0.39 is 0 Å². The molecule has 10 heavy (non-hydrogen) atoms. The van der Waals surface area contributed by atoms with Crippen LogP contribution in [0, 0.1) is 0 Å². The van der Waals surface area contributed by atoms with Crippen molar-refractivity contribution in [3.05, 3.63) is 0 Å². The Morgan fingerprint density at radius 3 is 0.700 bits per heavy atom. The number of hydrogen-bond acceptors (Lipinski definition) is 3. The zero-order valence-corrected chi connectivity index (χ0v) is 8.19. The van der Waals surface area contributed by atoms with Gasteiger partial charge < -0.3 is 15.3 Å². The number of rotatable bonds is 0. The molecular weight excluding hydrogens is 171 g/mol. The Hall–Kier alpha value is 0.464. The van der Waals surface area contributed by atoms with Crippen LogP contribution in [0.4, 0.5) is 0 Å². The largest absolute Gasteiger partial charge is 0.855 e. The third-order valence-corrected chi connectivity index (χ3v) is 0. The van der Waals surface area contributed by atoms with E-state index >= 15 is 0 Å². The molecule has 0 atom stereocenters. The average molecular weight is 186 g/mol. The third-order valence-electron chi connectivity index (χ3n) is 0. The van der Waals surface area contributed by atoms with E-state index in [4.69, 9.17) is 15.3 Å². The topological polar surface area (TPSA) is 69.2 Å². The molecular formula is C6H15O3V-3. The summed E-state index contributed by atoms with van der Waals surface area (Å²) in [6, 6.07) is 0. The first-order valence-electron chi connectivity index (χ1n) is 2.99. The van der Waals surface area contributed by atoms with Crippen LogP contribution in [-0.4, -0.2) is 19.8 Å². The van der Waals surface area contributed by atoms with Gasteiger partial charge in [-0.1, -0.05) is 20.8 Å². The first-order chi connectivity index (χ1) is 4.24. The minimum atomic E-state index is 0. The van der Waals surface area contributed by atoms with Crippen molar-refractivity contribution in [3.63, 3.8) is 0 Å². The van der Waals surface area contributed by atoms with Crippen molar-refractivity contribution in [2.45, 2.75) is 20.8 Å². The van der Waals surface area contributed by atoms with Gasteiger partial charge in [0.25, 0.3) is 0 Å². The summed E-state index contributed by atoms with van der Waals surface area (Å²) in [5, 5.41) is 26.8. The first-order valence-corrected chi connectivity index (χ1v) is 2.99. The Kier molecular flexibility index (Phi) is 127. The molecule has 0 aliphatic heterocycles. The predicted molar refractivity (Wildman–Crippen MR) is 31.6 cm³/mol. The second-order valence-electron chi connectivity index (χ2n) is 0.866. The van der Waals surface area contributed by atoms with E-state index in [1.54, 1.807) is 20.8 Å². The molecule has 0 aliphatic rings. The van der Waals surface area contributed by atoms with Gasteiger partial charge in [-0.3, -0.25) is 0 Å². The van der Waals surface area contributed by atoms with Gasteiger partial charge in [-0.2, -0.15) is 0 Å². The van der Waals surface area contributed by atoms with Crippen molar-refractivity contribution in [2.24, 2.45) is 0 Å². The molecule has 0 aromatic heterocycles. The number of hydrogen-bond donors (Lipinski definition) is 0. The minimum Gasteiger partial charge on any atom is -0.855 e. The van der Waals surface area contributed by atoms with Crippen LogP contribution in [0.15, 0.2) is 0 Å². The molecule has 0 bridgehead atoms. The van der Waals surface area contributed by atoms with Crippen molar-refractivity contribution >= 4 is 0 Å². The first kappa shape index (κ1) is 22.4. The molecule has 0 spiro atoms. The van der Waals surface area contributed by atoms with Crippen LogP contribution < -0.4 is 15.3 Å². The van der Waals surface area contributed by atoms with Gasteiger partial charge in [0.05, 0.1) is 0 Å². The SMILES string of the molecule is CC[O-].CC[O-].CC[O-].[V]. The molecule has 0 aromatic carbocycles. The van der Waals surface area contributed by atoms with Gasteiger partial charge in [-0.25, -0.2) is 0 Å². The zero-order valence-electron chi connectivity index (χ0n) is 6.79. The Labute approximate surface area is 75.0 Å². The molecule has 0 saturated heterocycles. The summed E-state index contributed by atoms with van der Waals surface area (Å²) in [5.41, 5.74) is 0. The Morgan fingerprint density at radius 1 is 0.700 bits per heavy atom. The van der Waals surface area contributed by atoms with Crippen molar-refractivity contribution < 1.29 is 33.9 Å². The summed E-state index contributed by atoms with van der Waals surface area (Å²) in [4.78, 5) is 0. The van der Waals surface area contributed by atoms with Gasteiger partial charge in [0.1, 0.15) is 0 Å². The van der Waals surface area contributed by atoms with Crippen LogP contribution in [-0.2, 0) is 18.6 Å². The monoisotopic (exact) mass is 186 g/mol. The van der Waals surface area contributed by atoms with E-state index in [9.17, 15) is 0 Å². The Bertz CT molecular complexity index is 17.7. The van der Waals surface area contributed by atoms with E-state index in [1.807, 2.05) is 0 Å². The Morgan fingerprint density at radius 2 is 0.700 bits per heavy atom. The van der Waals surface area contributed by atoms with E-state index in [0.717, 1.165) is 0 Å². The molecule has 1 radical (unpaired) electrons. The molecule has 0 aliphatic carbocycles. The molecule has 0 unspecified atom stereocenters. The van der Waals surface area contributed by atoms with Crippen molar-refractivity contribution in [2.75, 3.05) is 19.8 Å². The van der Waals surface area contributed by atoms with Crippen LogP contribution in [0.2, 0.25) is 0 Å². The van der Waals surface area contributed by atoms with Gasteiger partial charge in [0.15, 0.2) is 0 Å². The quantitative estimate of drug-likeness (QED) is 0.443. The van der Waals surface area contributed by atoms with Crippen LogP contribution in [0.25, 0.3) is 0 Å². The fraction of sp³-hybridized carbons (Fsp3) is 1.00. The van der Waals surface area contributed by atoms with Gasteiger partial charge in [-0.15, -0.1) is 19.8 Å². The molecule has 0 amide bonds. The van der Waals surface area contributed by atoms with Crippen LogP contribution in [0.1, 0.15) is 20.8 Å². The molecule has 4 heteroatoms. The maximum Gasteiger partial charge on any atom is 0 e. The fourth-order valence-electron chi connectivity index (χ4n) is 0. The van der Waals surface area contributed by atoms with Crippen LogP contribution >= 0.6 is 0 Å². The summed E-state index contributed by atoms with van der Waals surface area (Å²) in [7, 11) is 0. The maximum atomic E-state index is 8.93. The van der Waals surface area contributed by atoms with Gasteiger partial charge in [0, 0.05) is 18.6 Å². The summed E-state index contributed by atoms with van der Waals surface area (Å²) in [5.74, 6) is 0. The molecule has 0 rings (SSSR count). The van der Waals surface area contributed by atoms with Gasteiger partial charge >= 0.3 is 0 Å². The molecule has 65 valence electrons. The second-order valence-corrected chi connectivity index (χ2v) is 0.866. The van der Waals surface area contributed by atoms with E-state index in [2.05, 4.69) is 0 Å². The molecule has 0 aromatic rings. The summed E-state index contributed by atoms with van der Waals surface area (Å²) < 4.78 is 0. The van der Waals surface area contributed by atoms with Gasteiger partial charge in [0.2, 0.25) is 0 Å². The van der Waals surface area contributed by atoms with Crippen molar-refractivity contribution in [1.82, 2.24) is 0 Å². The molecule has 0 fully saturated rings. The van der Waals surface area contributed by atoms with Crippen molar-refractivity contribution in [1.29, 1.82) is 0 Å². The van der Waals surface area contributed by atoms with Crippen LogP contribution in [0.3, 0.4) is 0 Å². The Balaban J connectivity index is -0.0000000257. The molecule has 3 nitrogen and oxygen atoms in total. The summed E-state index contributed by atoms with van der Waals surface area (Å²) in [6.07, 6.45) is 0. The van der Waals surface area contributed by atoms with E-state index in [-0.39, 0.29) is 38.4 Å². The molecule has 0 heterocycles.